The molecule has 0 atom stereocenters. The molecule has 0 heterocycles. The van der Waals surface area contributed by atoms with Crippen LogP contribution in [0.25, 0.3) is 0 Å². The molecule has 2 heteroatoms. The summed E-state index contributed by atoms with van der Waals surface area (Å²) in [6.07, 6.45) is 7.97. The minimum Gasteiger partial charge on any atom is -0.304 e. The average Bonchev–Trinajstić information content (AvgIpc) is 1.61. The molecule has 6 heavy (non-hydrogen) atoms. The highest BCUT2D eigenvalue weighted by atomic mass is 16.6. The molecular weight excluding hydrogens is 78.0 g/mol. The molecule has 0 aliphatic heterocycles. The fourth-order valence-corrected chi connectivity index (χ4v) is 0.0831. The summed E-state index contributed by atoms with van der Waals surface area (Å²) in [6, 6.07) is 0. The first-order chi connectivity index (χ1) is 2.91. The second-order valence-electron chi connectivity index (χ2n) is 0.573. The van der Waals surface area contributed by atoms with Crippen molar-refractivity contribution in [3.63, 3.8) is 0 Å². The van der Waals surface area contributed by atoms with Crippen molar-refractivity contribution in [2.45, 2.75) is 6.92 Å². The first-order valence-electron chi connectivity index (χ1n) is 1.51. The highest BCUT2D eigenvalue weighted by molar-refractivity contribution is 5.52. The smallest absolute Gasteiger partial charge is 0.145 e. The van der Waals surface area contributed by atoms with E-state index in [1.165, 1.54) is 6.21 Å². The average molecular weight is 83.1 g/mol. The van der Waals surface area contributed by atoms with Crippen LogP contribution in [0, 0.1) is 12.5 Å². The molecule has 0 radical (unpaired) electrons. The topological polar surface area (TPSA) is 21.6 Å². The van der Waals surface area contributed by atoms with Crippen molar-refractivity contribution in [2.24, 2.45) is 5.16 Å². The van der Waals surface area contributed by atoms with E-state index in [0.717, 1.165) is 0 Å². The van der Waals surface area contributed by atoms with E-state index in [1.54, 1.807) is 6.92 Å². The van der Waals surface area contributed by atoms with E-state index in [4.69, 9.17) is 0 Å². The summed E-state index contributed by atoms with van der Waals surface area (Å²) in [5.41, 5.74) is 0. The van der Waals surface area contributed by atoms with Gasteiger partial charge in [-0.25, -0.2) is 0 Å². The van der Waals surface area contributed by atoms with Crippen LogP contribution in [0.2, 0.25) is 0 Å². The summed E-state index contributed by atoms with van der Waals surface area (Å²) in [4.78, 5) is 4.08. The van der Waals surface area contributed by atoms with E-state index in [0.29, 0.717) is 0 Å². The van der Waals surface area contributed by atoms with Crippen molar-refractivity contribution in [1.82, 2.24) is 0 Å². The molecule has 0 amide bonds. The summed E-state index contributed by atoms with van der Waals surface area (Å²) in [7, 11) is 0. The summed E-state index contributed by atoms with van der Waals surface area (Å²) in [5, 5.41) is 3.23. The Morgan fingerprint density at radius 1 is 2.00 bits per heavy atom. The van der Waals surface area contributed by atoms with Crippen molar-refractivity contribution in [1.29, 1.82) is 0 Å². The zero-order valence-corrected chi connectivity index (χ0v) is 3.51. The van der Waals surface area contributed by atoms with E-state index >= 15 is 0 Å². The Kier molecular flexibility index (Phi) is 3.38. The van der Waals surface area contributed by atoms with Crippen molar-refractivity contribution in [3.05, 3.63) is 0 Å². The predicted octanol–water partition coefficient (Wildman–Crippen LogP) is 0.599. The van der Waals surface area contributed by atoms with Crippen LogP contribution < -0.4 is 0 Å². The van der Waals surface area contributed by atoms with Gasteiger partial charge in [-0.05, 0) is 6.92 Å². The molecule has 0 aromatic heterocycles. The maximum Gasteiger partial charge on any atom is 0.145 e. The molecule has 0 N–H and O–H groups in total. The van der Waals surface area contributed by atoms with Crippen LogP contribution in [0.1, 0.15) is 6.92 Å². The lowest BCUT2D eigenvalue weighted by Crippen LogP contribution is -1.62. The summed E-state index contributed by atoms with van der Waals surface area (Å²) < 4.78 is 0. The van der Waals surface area contributed by atoms with Crippen molar-refractivity contribution in [2.75, 3.05) is 0 Å². The molecule has 0 aliphatic carbocycles. The highest BCUT2D eigenvalue weighted by Gasteiger charge is 1.53. The molecule has 0 saturated heterocycles. The Bertz CT molecular complexity index is 80.0. The second kappa shape index (κ2) is 4.03. The fraction of sp³-hybridized carbons (Fsp3) is 0.250. The highest BCUT2D eigenvalue weighted by Crippen LogP contribution is 1.62. The summed E-state index contributed by atoms with van der Waals surface area (Å²) in [5.74, 6) is 0. The van der Waals surface area contributed by atoms with E-state index in [2.05, 4.69) is 16.4 Å². The normalized spacial score (nSPS) is 8.00. The SMILES string of the molecule is C#CO/N=C\C. The Morgan fingerprint density at radius 3 is 2.83 bits per heavy atom. The molecule has 0 aromatic carbocycles. The Morgan fingerprint density at radius 2 is 2.67 bits per heavy atom. The van der Waals surface area contributed by atoms with Crippen molar-refractivity contribution < 1.29 is 4.84 Å². The van der Waals surface area contributed by atoms with Gasteiger partial charge in [0.2, 0.25) is 0 Å². The van der Waals surface area contributed by atoms with Gasteiger partial charge in [-0.1, -0.05) is 11.6 Å². The fourth-order valence-electron chi connectivity index (χ4n) is 0.0831. The lowest BCUT2D eigenvalue weighted by Gasteiger charge is -1.72. The van der Waals surface area contributed by atoms with Crippen LogP contribution >= 0.6 is 0 Å². The van der Waals surface area contributed by atoms with Crippen LogP contribution in [-0.4, -0.2) is 6.21 Å². The quantitative estimate of drug-likeness (QED) is 0.258. The van der Waals surface area contributed by atoms with Crippen LogP contribution in [0.15, 0.2) is 5.16 Å². The molecular formula is C4H5NO. The molecule has 0 spiro atoms. The van der Waals surface area contributed by atoms with Gasteiger partial charge in [0.1, 0.15) is 6.11 Å². The van der Waals surface area contributed by atoms with Crippen LogP contribution in [0.3, 0.4) is 0 Å². The minimum atomic E-state index is 1.47. The van der Waals surface area contributed by atoms with Crippen LogP contribution in [0.5, 0.6) is 0 Å². The summed E-state index contributed by atoms with van der Waals surface area (Å²) >= 11 is 0. The zero-order chi connectivity index (χ0) is 4.83. The summed E-state index contributed by atoms with van der Waals surface area (Å²) in [6.45, 7) is 1.72. The van der Waals surface area contributed by atoms with Gasteiger partial charge >= 0.3 is 0 Å². The maximum absolute atomic E-state index is 4.63. The monoisotopic (exact) mass is 83.0 g/mol. The van der Waals surface area contributed by atoms with E-state index < -0.39 is 0 Å². The molecule has 0 unspecified atom stereocenters. The van der Waals surface area contributed by atoms with E-state index in [1.807, 2.05) is 6.11 Å². The molecule has 2 nitrogen and oxygen atoms in total. The number of oxime groups is 1. The molecule has 0 aliphatic rings. The second-order valence-corrected chi connectivity index (χ2v) is 0.573. The van der Waals surface area contributed by atoms with Gasteiger partial charge in [0.15, 0.2) is 0 Å². The van der Waals surface area contributed by atoms with E-state index in [-0.39, 0.29) is 0 Å². The lowest BCUT2D eigenvalue weighted by atomic mass is 10.9. The number of rotatable bonds is 1. The molecule has 32 valence electrons. The number of nitrogens with zero attached hydrogens (tertiary/aromatic N) is 1. The Labute approximate surface area is 36.8 Å². The van der Waals surface area contributed by atoms with Gasteiger partial charge < -0.3 is 4.84 Å². The van der Waals surface area contributed by atoms with Gasteiger partial charge in [0.05, 0.1) is 0 Å². The third-order valence-corrected chi connectivity index (χ3v) is 0.211. The third kappa shape index (κ3) is 3.03. The lowest BCUT2D eigenvalue weighted by molar-refractivity contribution is 0.301. The Hall–Kier alpha value is -0.970. The third-order valence-electron chi connectivity index (χ3n) is 0.211. The van der Waals surface area contributed by atoms with Crippen LogP contribution in [-0.2, 0) is 4.84 Å². The van der Waals surface area contributed by atoms with Crippen molar-refractivity contribution in [3.8, 4) is 12.5 Å². The number of hydrogen-bond acceptors (Lipinski definition) is 2. The molecule has 0 rings (SSSR count). The van der Waals surface area contributed by atoms with Gasteiger partial charge in [0, 0.05) is 6.21 Å². The molecule has 0 saturated carbocycles. The maximum atomic E-state index is 4.63. The van der Waals surface area contributed by atoms with Gasteiger partial charge in [-0.2, -0.15) is 0 Å². The molecule has 0 aromatic rings. The van der Waals surface area contributed by atoms with Gasteiger partial charge in [-0.15, -0.1) is 0 Å². The zero-order valence-electron chi connectivity index (χ0n) is 3.51. The predicted molar refractivity (Wildman–Crippen MR) is 24.1 cm³/mol. The van der Waals surface area contributed by atoms with Gasteiger partial charge in [0.25, 0.3) is 0 Å². The van der Waals surface area contributed by atoms with E-state index in [9.17, 15) is 0 Å². The van der Waals surface area contributed by atoms with Crippen LogP contribution in [0.4, 0.5) is 0 Å². The minimum absolute atomic E-state index is 1.47. The Balaban J connectivity index is 2.92. The number of terminal acetylenes is 1. The first kappa shape index (κ1) is 5.03. The largest absolute Gasteiger partial charge is 0.304 e. The molecule has 0 bridgehead atoms. The molecule has 0 fully saturated rings. The first-order valence-corrected chi connectivity index (χ1v) is 1.51. The number of hydrogen-bond donors (Lipinski definition) is 0. The van der Waals surface area contributed by atoms with Crippen molar-refractivity contribution >= 4 is 6.21 Å². The van der Waals surface area contributed by atoms with Gasteiger partial charge in [-0.3, -0.25) is 0 Å². The standard InChI is InChI=1S/C4H5NO/c1-3-5-6-4-2/h2-3H,1H3/b5-3-.